The highest BCUT2D eigenvalue weighted by atomic mass is 16.5. The minimum atomic E-state index is 0.0849. The summed E-state index contributed by atoms with van der Waals surface area (Å²) in [7, 11) is 1.66. The molecule has 1 aliphatic rings. The number of benzene rings is 1. The molecule has 1 fully saturated rings. The highest BCUT2D eigenvalue weighted by molar-refractivity contribution is 5.94. The lowest BCUT2D eigenvalue weighted by Crippen LogP contribution is -2.38. The van der Waals surface area contributed by atoms with Crippen LogP contribution in [0.15, 0.2) is 36.7 Å². The number of carbonyl (C=O) groups is 1. The number of carbonyl (C=O) groups excluding carboxylic acids is 1. The quantitative estimate of drug-likeness (QED) is 0.781. The van der Waals surface area contributed by atoms with Crippen molar-refractivity contribution in [3.8, 4) is 0 Å². The molecule has 2 aromatic heterocycles. The SMILES string of the molecule is COCc1ccc(C(=O)N2CCC(c3[nH]nc4nccnc34)CC2)cc1. The lowest BCUT2D eigenvalue weighted by Gasteiger charge is -2.31. The number of piperidine rings is 1. The number of aromatic nitrogens is 4. The fraction of sp³-hybridized carbons (Fsp3) is 0.368. The fourth-order valence-electron chi connectivity index (χ4n) is 3.52. The van der Waals surface area contributed by atoms with Crippen molar-refractivity contribution in [3.63, 3.8) is 0 Å². The first-order valence-electron chi connectivity index (χ1n) is 8.78. The van der Waals surface area contributed by atoms with Crippen LogP contribution in [0.5, 0.6) is 0 Å². The molecule has 0 radical (unpaired) electrons. The summed E-state index contributed by atoms with van der Waals surface area (Å²) < 4.78 is 5.11. The molecule has 4 rings (SSSR count). The van der Waals surface area contributed by atoms with E-state index in [0.29, 0.717) is 18.2 Å². The largest absolute Gasteiger partial charge is 0.380 e. The van der Waals surface area contributed by atoms with Gasteiger partial charge in [0.05, 0.1) is 12.3 Å². The van der Waals surface area contributed by atoms with Gasteiger partial charge in [-0.3, -0.25) is 9.89 Å². The van der Waals surface area contributed by atoms with Gasteiger partial charge in [-0.1, -0.05) is 12.1 Å². The number of amides is 1. The minimum absolute atomic E-state index is 0.0849. The summed E-state index contributed by atoms with van der Waals surface area (Å²) in [5.41, 5.74) is 4.31. The Bertz CT molecular complexity index is 898. The van der Waals surface area contributed by atoms with Gasteiger partial charge in [-0.2, -0.15) is 5.10 Å². The maximum Gasteiger partial charge on any atom is 0.253 e. The van der Waals surface area contributed by atoms with Crippen LogP contribution in [0.4, 0.5) is 0 Å². The van der Waals surface area contributed by atoms with Crippen LogP contribution in [0.2, 0.25) is 0 Å². The number of hydrogen-bond acceptors (Lipinski definition) is 5. The van der Waals surface area contributed by atoms with Crippen molar-refractivity contribution in [1.29, 1.82) is 0 Å². The molecule has 0 saturated carbocycles. The molecule has 0 spiro atoms. The van der Waals surface area contributed by atoms with E-state index in [1.54, 1.807) is 19.5 Å². The second-order valence-corrected chi connectivity index (χ2v) is 6.56. The molecule has 0 atom stereocenters. The lowest BCUT2D eigenvalue weighted by atomic mass is 9.92. The van der Waals surface area contributed by atoms with Crippen LogP contribution in [-0.4, -0.2) is 51.2 Å². The molecule has 1 amide bonds. The molecular weight excluding hydrogens is 330 g/mol. The Hall–Kier alpha value is -2.80. The molecule has 0 unspecified atom stereocenters. The number of fused-ring (bicyclic) bond motifs is 1. The number of rotatable bonds is 4. The third-order valence-corrected chi connectivity index (χ3v) is 4.92. The second kappa shape index (κ2) is 7.21. The van der Waals surface area contributed by atoms with Gasteiger partial charge in [0.15, 0.2) is 5.65 Å². The Morgan fingerprint density at radius 2 is 1.92 bits per heavy atom. The number of nitrogens with one attached hydrogen (secondary N) is 1. The molecule has 3 heterocycles. The molecule has 1 saturated heterocycles. The van der Waals surface area contributed by atoms with E-state index in [1.807, 2.05) is 29.2 Å². The summed E-state index contributed by atoms with van der Waals surface area (Å²) in [5, 5.41) is 7.32. The Kier molecular flexibility index (Phi) is 4.62. The smallest absolute Gasteiger partial charge is 0.253 e. The second-order valence-electron chi connectivity index (χ2n) is 6.56. The minimum Gasteiger partial charge on any atom is -0.380 e. The predicted molar refractivity (Wildman–Crippen MR) is 96.7 cm³/mol. The molecule has 7 heteroatoms. The molecule has 0 aliphatic carbocycles. The molecule has 3 aromatic rings. The topological polar surface area (TPSA) is 84.0 Å². The number of ether oxygens (including phenoxy) is 1. The van der Waals surface area contributed by atoms with Crippen LogP contribution in [0.1, 0.15) is 40.4 Å². The van der Waals surface area contributed by atoms with Crippen LogP contribution in [0, 0.1) is 0 Å². The van der Waals surface area contributed by atoms with E-state index in [9.17, 15) is 4.79 Å². The molecule has 0 bridgehead atoms. The molecular formula is C19H21N5O2. The summed E-state index contributed by atoms with van der Waals surface area (Å²) in [6.07, 6.45) is 5.11. The van der Waals surface area contributed by atoms with Crippen molar-refractivity contribution in [2.75, 3.05) is 20.2 Å². The van der Waals surface area contributed by atoms with Gasteiger partial charge in [-0.15, -0.1) is 0 Å². The standard InChI is InChI=1S/C19H21N5O2/c1-26-12-13-2-4-15(5-3-13)19(25)24-10-6-14(7-11-24)16-17-18(23-22-16)21-9-8-20-17/h2-5,8-9,14H,6-7,10-12H2,1H3,(H,21,22,23). The number of methoxy groups -OCH3 is 1. The van der Waals surface area contributed by atoms with Gasteiger partial charge < -0.3 is 9.64 Å². The van der Waals surface area contributed by atoms with Crippen LogP contribution in [-0.2, 0) is 11.3 Å². The van der Waals surface area contributed by atoms with E-state index in [1.165, 1.54) is 0 Å². The highest BCUT2D eigenvalue weighted by Crippen LogP contribution is 2.30. The van der Waals surface area contributed by atoms with E-state index in [0.717, 1.165) is 48.3 Å². The molecule has 134 valence electrons. The van der Waals surface area contributed by atoms with Gasteiger partial charge in [0.1, 0.15) is 5.52 Å². The van der Waals surface area contributed by atoms with Crippen LogP contribution in [0.25, 0.3) is 11.2 Å². The van der Waals surface area contributed by atoms with E-state index >= 15 is 0 Å². The summed E-state index contributed by atoms with van der Waals surface area (Å²) in [5.74, 6) is 0.409. The summed E-state index contributed by atoms with van der Waals surface area (Å²) >= 11 is 0. The number of hydrogen-bond donors (Lipinski definition) is 1. The molecule has 1 N–H and O–H groups in total. The maximum absolute atomic E-state index is 12.7. The monoisotopic (exact) mass is 351 g/mol. The Morgan fingerprint density at radius 1 is 1.19 bits per heavy atom. The molecule has 1 aromatic carbocycles. The maximum atomic E-state index is 12.7. The summed E-state index contributed by atoms with van der Waals surface area (Å²) in [6, 6.07) is 7.64. The van der Waals surface area contributed by atoms with Crippen molar-refractivity contribution >= 4 is 17.1 Å². The first kappa shape index (κ1) is 16.7. The Morgan fingerprint density at radius 3 is 2.65 bits per heavy atom. The van der Waals surface area contributed by atoms with Crippen molar-refractivity contribution in [3.05, 3.63) is 53.5 Å². The first-order valence-corrected chi connectivity index (χ1v) is 8.78. The highest BCUT2D eigenvalue weighted by Gasteiger charge is 2.27. The average Bonchev–Trinajstić information content (AvgIpc) is 3.13. The van der Waals surface area contributed by atoms with Gasteiger partial charge in [0.25, 0.3) is 5.91 Å². The number of H-pyrrole nitrogens is 1. The van der Waals surface area contributed by atoms with E-state index in [4.69, 9.17) is 4.74 Å². The van der Waals surface area contributed by atoms with Crippen LogP contribution < -0.4 is 0 Å². The average molecular weight is 351 g/mol. The van der Waals surface area contributed by atoms with Gasteiger partial charge >= 0.3 is 0 Å². The number of aromatic amines is 1. The fourth-order valence-corrected chi connectivity index (χ4v) is 3.52. The first-order chi connectivity index (χ1) is 12.8. The molecule has 7 nitrogen and oxygen atoms in total. The zero-order chi connectivity index (χ0) is 17.9. The van der Waals surface area contributed by atoms with E-state index < -0.39 is 0 Å². The van der Waals surface area contributed by atoms with Gasteiger partial charge in [-0.25, -0.2) is 9.97 Å². The summed E-state index contributed by atoms with van der Waals surface area (Å²) in [4.78, 5) is 23.3. The van der Waals surface area contributed by atoms with E-state index in [-0.39, 0.29) is 5.91 Å². The lowest BCUT2D eigenvalue weighted by molar-refractivity contribution is 0.0712. The van der Waals surface area contributed by atoms with Crippen molar-refractivity contribution in [2.45, 2.75) is 25.4 Å². The molecule has 1 aliphatic heterocycles. The van der Waals surface area contributed by atoms with Crippen molar-refractivity contribution in [2.24, 2.45) is 0 Å². The Balaban J connectivity index is 1.42. The number of nitrogens with zero attached hydrogens (tertiary/aromatic N) is 4. The molecule has 26 heavy (non-hydrogen) atoms. The third-order valence-electron chi connectivity index (χ3n) is 4.92. The predicted octanol–water partition coefficient (Wildman–Crippen LogP) is 2.52. The van der Waals surface area contributed by atoms with Gasteiger partial charge in [0.2, 0.25) is 0 Å². The zero-order valence-corrected chi connectivity index (χ0v) is 14.7. The normalized spacial score (nSPS) is 15.5. The van der Waals surface area contributed by atoms with Gasteiger partial charge in [0, 0.05) is 44.1 Å². The van der Waals surface area contributed by atoms with Crippen LogP contribution >= 0.6 is 0 Å². The summed E-state index contributed by atoms with van der Waals surface area (Å²) in [6.45, 7) is 2.01. The number of likely N-dealkylation sites (tertiary alicyclic amines) is 1. The van der Waals surface area contributed by atoms with E-state index in [2.05, 4.69) is 20.2 Å². The van der Waals surface area contributed by atoms with Crippen molar-refractivity contribution in [1.82, 2.24) is 25.1 Å². The van der Waals surface area contributed by atoms with Gasteiger partial charge in [-0.05, 0) is 30.5 Å². The van der Waals surface area contributed by atoms with Crippen LogP contribution in [0.3, 0.4) is 0 Å². The zero-order valence-electron chi connectivity index (χ0n) is 14.7. The Labute approximate surface area is 151 Å². The third kappa shape index (κ3) is 3.17. The van der Waals surface area contributed by atoms with Crippen molar-refractivity contribution < 1.29 is 9.53 Å².